The molecule has 0 aliphatic carbocycles. The van der Waals surface area contributed by atoms with E-state index in [1.807, 2.05) is 14.1 Å². The Morgan fingerprint density at radius 1 is 1.56 bits per heavy atom. The molecule has 0 aromatic carbocycles. The van der Waals surface area contributed by atoms with Crippen LogP contribution in [0.1, 0.15) is 6.42 Å². The molecule has 1 aromatic heterocycles. The van der Waals surface area contributed by atoms with Crippen molar-refractivity contribution in [3.05, 3.63) is 28.6 Å². The van der Waals surface area contributed by atoms with E-state index in [1.54, 1.807) is 12.3 Å². The molecular formula is C10H16N4O2. The van der Waals surface area contributed by atoms with Crippen LogP contribution in [0.2, 0.25) is 0 Å². The third-order valence-electron chi connectivity index (χ3n) is 2.09. The Morgan fingerprint density at radius 3 is 2.94 bits per heavy atom. The number of hydrogen-bond donors (Lipinski definition) is 1. The predicted octanol–water partition coefficient (Wildman–Crippen LogP) is 1.35. The average molecular weight is 224 g/mol. The zero-order chi connectivity index (χ0) is 12.0. The van der Waals surface area contributed by atoms with Gasteiger partial charge in [-0.05, 0) is 33.1 Å². The third-order valence-corrected chi connectivity index (χ3v) is 2.09. The molecule has 0 saturated carbocycles. The minimum Gasteiger partial charge on any atom is -0.379 e. The first-order chi connectivity index (χ1) is 7.61. The summed E-state index contributed by atoms with van der Waals surface area (Å²) in [6.45, 7) is 1.66. The quantitative estimate of drug-likeness (QED) is 0.448. The molecule has 0 radical (unpaired) electrons. The molecule has 0 fully saturated rings. The van der Waals surface area contributed by atoms with Crippen LogP contribution in [0.4, 0.5) is 11.4 Å². The molecule has 0 amide bonds. The number of anilines is 1. The number of nitro groups is 1. The summed E-state index contributed by atoms with van der Waals surface area (Å²) in [6, 6.07) is 1.62. The van der Waals surface area contributed by atoms with E-state index in [9.17, 15) is 10.1 Å². The predicted molar refractivity (Wildman–Crippen MR) is 62.6 cm³/mol. The number of nitrogens with one attached hydrogen (secondary N) is 1. The lowest BCUT2D eigenvalue weighted by atomic mass is 10.3. The van der Waals surface area contributed by atoms with Crippen LogP contribution in [0, 0.1) is 10.1 Å². The van der Waals surface area contributed by atoms with Crippen molar-refractivity contribution in [3.63, 3.8) is 0 Å². The molecule has 0 aliphatic heterocycles. The average Bonchev–Trinajstić information content (AvgIpc) is 2.24. The summed E-state index contributed by atoms with van der Waals surface area (Å²) in [5.74, 6) is 0. The van der Waals surface area contributed by atoms with Gasteiger partial charge in [0, 0.05) is 12.7 Å². The highest BCUT2D eigenvalue weighted by atomic mass is 16.6. The van der Waals surface area contributed by atoms with Gasteiger partial charge in [0.25, 0.3) is 0 Å². The highest BCUT2D eigenvalue weighted by Gasteiger charge is 2.11. The zero-order valence-corrected chi connectivity index (χ0v) is 9.51. The first-order valence-electron chi connectivity index (χ1n) is 5.08. The molecular weight excluding hydrogens is 208 g/mol. The van der Waals surface area contributed by atoms with Gasteiger partial charge in [-0.2, -0.15) is 0 Å². The van der Waals surface area contributed by atoms with Crippen molar-refractivity contribution >= 4 is 11.4 Å². The van der Waals surface area contributed by atoms with Gasteiger partial charge in [0.1, 0.15) is 11.9 Å². The first kappa shape index (κ1) is 12.4. The van der Waals surface area contributed by atoms with Gasteiger partial charge >= 0.3 is 5.69 Å². The first-order valence-corrected chi connectivity index (χ1v) is 5.08. The number of nitrogens with zero attached hydrogens (tertiary/aromatic N) is 3. The molecule has 1 heterocycles. The number of aromatic nitrogens is 1. The summed E-state index contributed by atoms with van der Waals surface area (Å²) in [4.78, 5) is 16.1. The second-order valence-electron chi connectivity index (χ2n) is 3.73. The second kappa shape index (κ2) is 6.02. The molecule has 0 bridgehead atoms. The maximum absolute atomic E-state index is 10.7. The largest absolute Gasteiger partial charge is 0.379 e. The third kappa shape index (κ3) is 3.82. The molecule has 1 N–H and O–H groups in total. The van der Waals surface area contributed by atoms with Crippen molar-refractivity contribution < 1.29 is 4.92 Å². The van der Waals surface area contributed by atoms with Crippen LogP contribution in [-0.2, 0) is 0 Å². The van der Waals surface area contributed by atoms with Crippen LogP contribution in [0.25, 0.3) is 0 Å². The van der Waals surface area contributed by atoms with Crippen molar-refractivity contribution in [3.8, 4) is 0 Å². The Hall–Kier alpha value is -1.69. The van der Waals surface area contributed by atoms with Crippen LogP contribution >= 0.6 is 0 Å². The van der Waals surface area contributed by atoms with Crippen molar-refractivity contribution in [1.29, 1.82) is 0 Å². The molecule has 6 nitrogen and oxygen atoms in total. The van der Waals surface area contributed by atoms with Crippen LogP contribution in [0.3, 0.4) is 0 Å². The van der Waals surface area contributed by atoms with Crippen molar-refractivity contribution in [2.24, 2.45) is 0 Å². The van der Waals surface area contributed by atoms with Gasteiger partial charge in [0.05, 0.1) is 4.92 Å². The molecule has 1 rings (SSSR count). The zero-order valence-electron chi connectivity index (χ0n) is 9.51. The fourth-order valence-corrected chi connectivity index (χ4v) is 1.30. The van der Waals surface area contributed by atoms with E-state index < -0.39 is 4.92 Å². The van der Waals surface area contributed by atoms with Crippen molar-refractivity contribution in [1.82, 2.24) is 9.88 Å². The summed E-state index contributed by atoms with van der Waals surface area (Å²) >= 11 is 0. The van der Waals surface area contributed by atoms with E-state index in [2.05, 4.69) is 15.2 Å². The minimum absolute atomic E-state index is 0.0207. The van der Waals surface area contributed by atoms with E-state index in [0.29, 0.717) is 12.2 Å². The monoisotopic (exact) mass is 224 g/mol. The summed E-state index contributed by atoms with van der Waals surface area (Å²) in [7, 11) is 3.99. The maximum Gasteiger partial charge on any atom is 0.310 e. The standard InChI is InChI=1S/C10H16N4O2/c1-13(2)7-3-5-12-9-4-6-11-8-10(9)14(15)16/h4,6,8H,3,5,7H2,1-2H3,(H,11,12). The van der Waals surface area contributed by atoms with E-state index >= 15 is 0 Å². The maximum atomic E-state index is 10.7. The normalized spacial score (nSPS) is 10.4. The molecule has 0 spiro atoms. The van der Waals surface area contributed by atoms with Crippen LogP contribution in [-0.4, -0.2) is 42.0 Å². The van der Waals surface area contributed by atoms with Gasteiger partial charge < -0.3 is 10.2 Å². The van der Waals surface area contributed by atoms with Gasteiger partial charge in [0.2, 0.25) is 0 Å². The lowest BCUT2D eigenvalue weighted by molar-refractivity contribution is -0.384. The molecule has 0 aliphatic rings. The Labute approximate surface area is 94.4 Å². The molecule has 1 aromatic rings. The fourth-order valence-electron chi connectivity index (χ4n) is 1.30. The van der Waals surface area contributed by atoms with Gasteiger partial charge in [-0.1, -0.05) is 0 Å². The second-order valence-corrected chi connectivity index (χ2v) is 3.73. The summed E-state index contributed by atoms with van der Waals surface area (Å²) in [5, 5.41) is 13.7. The lowest BCUT2D eigenvalue weighted by Crippen LogP contribution is -2.16. The summed E-state index contributed by atoms with van der Waals surface area (Å²) < 4.78 is 0. The van der Waals surface area contributed by atoms with E-state index in [0.717, 1.165) is 13.0 Å². The van der Waals surface area contributed by atoms with E-state index in [-0.39, 0.29) is 5.69 Å². The summed E-state index contributed by atoms with van der Waals surface area (Å²) in [5.41, 5.74) is 0.547. The fraction of sp³-hybridized carbons (Fsp3) is 0.500. The highest BCUT2D eigenvalue weighted by Crippen LogP contribution is 2.21. The number of rotatable bonds is 6. The Bertz CT molecular complexity index is 354. The van der Waals surface area contributed by atoms with E-state index in [4.69, 9.17) is 0 Å². The van der Waals surface area contributed by atoms with E-state index in [1.165, 1.54) is 6.20 Å². The molecule has 6 heteroatoms. The van der Waals surface area contributed by atoms with Gasteiger partial charge in [-0.15, -0.1) is 0 Å². The smallest absolute Gasteiger partial charge is 0.310 e. The lowest BCUT2D eigenvalue weighted by Gasteiger charge is -2.10. The number of hydrogen-bond acceptors (Lipinski definition) is 5. The molecule has 16 heavy (non-hydrogen) atoms. The number of pyridine rings is 1. The van der Waals surface area contributed by atoms with Crippen molar-refractivity contribution in [2.45, 2.75) is 6.42 Å². The van der Waals surface area contributed by atoms with Gasteiger partial charge in [0.15, 0.2) is 0 Å². The highest BCUT2D eigenvalue weighted by molar-refractivity contribution is 5.59. The van der Waals surface area contributed by atoms with Gasteiger partial charge in [-0.3, -0.25) is 15.1 Å². The topological polar surface area (TPSA) is 71.3 Å². The molecule has 88 valence electrons. The molecule has 0 saturated heterocycles. The SMILES string of the molecule is CN(C)CCCNc1ccncc1[N+](=O)[O-]. The molecule has 0 atom stereocenters. The van der Waals surface area contributed by atoms with Crippen LogP contribution in [0.15, 0.2) is 18.5 Å². The van der Waals surface area contributed by atoms with Gasteiger partial charge in [-0.25, -0.2) is 0 Å². The summed E-state index contributed by atoms with van der Waals surface area (Å²) in [6.07, 6.45) is 3.74. The Kier molecular flexibility index (Phi) is 4.65. The van der Waals surface area contributed by atoms with Crippen molar-refractivity contribution in [2.75, 3.05) is 32.5 Å². The Balaban J connectivity index is 2.50. The Morgan fingerprint density at radius 2 is 2.31 bits per heavy atom. The minimum atomic E-state index is -0.429. The van der Waals surface area contributed by atoms with Crippen LogP contribution < -0.4 is 5.32 Å². The van der Waals surface area contributed by atoms with Crippen LogP contribution in [0.5, 0.6) is 0 Å². The molecule has 0 unspecified atom stereocenters.